The average Bonchev–Trinajstić information content (AvgIpc) is 3.22. The van der Waals surface area contributed by atoms with Gasteiger partial charge >= 0.3 is 0 Å². The van der Waals surface area contributed by atoms with Crippen LogP contribution < -0.4 is 10.5 Å². The lowest BCUT2D eigenvalue weighted by Gasteiger charge is -2.32. The SMILES string of the molecule is COCCCN1C[C@@H](NCC2CC2)c2sc(S(N)(=O)=O)cc2S1(=O)=O. The molecule has 142 valence electrons. The van der Waals surface area contributed by atoms with Crippen LogP contribution in [0.2, 0.25) is 0 Å². The van der Waals surface area contributed by atoms with E-state index in [1.807, 2.05) is 0 Å². The van der Waals surface area contributed by atoms with Gasteiger partial charge in [0.05, 0.1) is 10.9 Å². The van der Waals surface area contributed by atoms with E-state index in [2.05, 4.69) is 5.32 Å². The minimum absolute atomic E-state index is 0.0542. The van der Waals surface area contributed by atoms with Gasteiger partial charge in [0, 0.05) is 31.7 Å². The molecule has 0 saturated heterocycles. The molecule has 0 unspecified atom stereocenters. The van der Waals surface area contributed by atoms with Gasteiger partial charge in [-0.3, -0.25) is 0 Å². The topological polar surface area (TPSA) is 119 Å². The molecule has 1 fully saturated rings. The summed E-state index contributed by atoms with van der Waals surface area (Å²) in [5, 5.41) is 8.61. The van der Waals surface area contributed by atoms with Crippen molar-refractivity contribution in [2.24, 2.45) is 11.1 Å². The Balaban J connectivity index is 1.93. The largest absolute Gasteiger partial charge is 0.385 e. The number of rotatable bonds is 8. The fourth-order valence-corrected chi connectivity index (χ4v) is 6.98. The zero-order chi connectivity index (χ0) is 18.2. The van der Waals surface area contributed by atoms with Crippen LogP contribution in [0.5, 0.6) is 0 Å². The van der Waals surface area contributed by atoms with Crippen LogP contribution in [-0.4, -0.2) is 54.5 Å². The van der Waals surface area contributed by atoms with Gasteiger partial charge in [-0.05, 0) is 37.8 Å². The van der Waals surface area contributed by atoms with Crippen LogP contribution >= 0.6 is 11.3 Å². The number of fused-ring (bicyclic) bond motifs is 1. The molecule has 0 aromatic carbocycles. The van der Waals surface area contributed by atoms with Gasteiger partial charge in [0.25, 0.3) is 0 Å². The highest BCUT2D eigenvalue weighted by Gasteiger charge is 2.40. The van der Waals surface area contributed by atoms with Gasteiger partial charge in [-0.25, -0.2) is 22.0 Å². The Kier molecular flexibility index (Phi) is 5.55. The number of nitrogens with one attached hydrogen (secondary N) is 1. The first-order valence-electron chi connectivity index (χ1n) is 8.12. The maximum absolute atomic E-state index is 12.9. The number of methoxy groups -OCH3 is 1. The Labute approximate surface area is 152 Å². The highest BCUT2D eigenvalue weighted by Crippen LogP contribution is 2.40. The zero-order valence-electron chi connectivity index (χ0n) is 14.0. The van der Waals surface area contributed by atoms with Crippen LogP contribution in [0.1, 0.15) is 30.2 Å². The number of sulfonamides is 2. The van der Waals surface area contributed by atoms with E-state index in [1.165, 1.54) is 23.2 Å². The van der Waals surface area contributed by atoms with Crippen molar-refractivity contribution in [3.8, 4) is 0 Å². The fraction of sp³-hybridized carbons (Fsp3) is 0.714. The number of nitrogens with zero attached hydrogens (tertiary/aromatic N) is 1. The van der Waals surface area contributed by atoms with E-state index in [1.54, 1.807) is 7.11 Å². The molecule has 3 rings (SSSR count). The van der Waals surface area contributed by atoms with Crippen LogP contribution in [0.25, 0.3) is 0 Å². The fourth-order valence-electron chi connectivity index (χ4n) is 2.86. The molecule has 0 spiro atoms. The third-order valence-corrected chi connectivity index (χ3v) is 9.11. The van der Waals surface area contributed by atoms with Crippen LogP contribution in [0.3, 0.4) is 0 Å². The van der Waals surface area contributed by atoms with Gasteiger partial charge in [-0.2, -0.15) is 4.31 Å². The number of thiophene rings is 1. The normalized spacial score (nSPS) is 23.5. The van der Waals surface area contributed by atoms with Gasteiger partial charge in [0.1, 0.15) is 4.21 Å². The minimum atomic E-state index is -3.94. The Morgan fingerprint density at radius 1 is 1.44 bits per heavy atom. The predicted octanol–water partition coefficient (Wildman–Crippen LogP) is 0.477. The van der Waals surface area contributed by atoms with Crippen LogP contribution in [0.15, 0.2) is 15.2 Å². The van der Waals surface area contributed by atoms with Crippen molar-refractivity contribution in [3.63, 3.8) is 0 Å². The first-order chi connectivity index (χ1) is 11.7. The van der Waals surface area contributed by atoms with Crippen LogP contribution in [-0.2, 0) is 24.8 Å². The molecule has 8 nitrogen and oxygen atoms in total. The third-order valence-electron chi connectivity index (χ3n) is 4.41. The molecule has 1 atom stereocenters. The summed E-state index contributed by atoms with van der Waals surface area (Å²) in [5.74, 6) is 0.626. The van der Waals surface area contributed by atoms with Crippen molar-refractivity contribution in [2.75, 3.05) is 33.4 Å². The molecule has 1 aromatic rings. The maximum atomic E-state index is 12.9. The predicted molar refractivity (Wildman–Crippen MR) is 94.4 cm³/mol. The molecule has 0 amide bonds. The highest BCUT2D eigenvalue weighted by atomic mass is 32.2. The molecule has 25 heavy (non-hydrogen) atoms. The maximum Gasteiger partial charge on any atom is 0.247 e. The van der Waals surface area contributed by atoms with Crippen molar-refractivity contribution in [2.45, 2.75) is 34.4 Å². The van der Waals surface area contributed by atoms with E-state index in [0.29, 0.717) is 30.4 Å². The second-order valence-corrected chi connectivity index (χ2v) is 11.2. The van der Waals surface area contributed by atoms with E-state index < -0.39 is 20.0 Å². The van der Waals surface area contributed by atoms with Crippen molar-refractivity contribution in [1.29, 1.82) is 0 Å². The lowest BCUT2D eigenvalue weighted by molar-refractivity contribution is 0.185. The number of hydrogen-bond acceptors (Lipinski definition) is 7. The molecule has 11 heteroatoms. The minimum Gasteiger partial charge on any atom is -0.385 e. The molecular formula is C14H23N3O5S3. The summed E-state index contributed by atoms with van der Waals surface area (Å²) in [4.78, 5) is 0.589. The summed E-state index contributed by atoms with van der Waals surface area (Å²) >= 11 is 0.949. The van der Waals surface area contributed by atoms with Crippen LogP contribution in [0.4, 0.5) is 0 Å². The first-order valence-corrected chi connectivity index (χ1v) is 11.9. The van der Waals surface area contributed by atoms with E-state index in [-0.39, 0.29) is 21.7 Å². The van der Waals surface area contributed by atoms with E-state index in [4.69, 9.17) is 9.88 Å². The smallest absolute Gasteiger partial charge is 0.247 e. The van der Waals surface area contributed by atoms with Crippen LogP contribution in [0, 0.1) is 5.92 Å². The lowest BCUT2D eigenvalue weighted by atomic mass is 10.2. The quantitative estimate of drug-likeness (QED) is 0.603. The molecule has 1 aliphatic carbocycles. The second-order valence-electron chi connectivity index (χ2n) is 6.45. The molecule has 1 saturated carbocycles. The molecule has 2 aliphatic rings. The van der Waals surface area contributed by atoms with Gasteiger partial charge in [0.2, 0.25) is 20.0 Å². The Bertz CT molecular complexity index is 830. The van der Waals surface area contributed by atoms with Gasteiger partial charge in [-0.1, -0.05) is 0 Å². The summed E-state index contributed by atoms with van der Waals surface area (Å²) in [7, 11) is -6.10. The Morgan fingerprint density at radius 2 is 2.16 bits per heavy atom. The van der Waals surface area contributed by atoms with Gasteiger partial charge in [0.15, 0.2) is 0 Å². The summed E-state index contributed by atoms with van der Waals surface area (Å²) in [5.41, 5.74) is 0. The summed E-state index contributed by atoms with van der Waals surface area (Å²) in [6.07, 6.45) is 2.93. The Hall–Kier alpha value is -0.560. The van der Waals surface area contributed by atoms with Crippen molar-refractivity contribution in [1.82, 2.24) is 9.62 Å². The monoisotopic (exact) mass is 409 g/mol. The standard InChI is InChI=1S/C14H23N3O5S3/c1-22-6-2-5-17-9-11(16-8-10-3-4-10)14-12(25(17,20)21)7-13(23-14)24(15,18)19/h7,10-11,16H,2-6,8-9H2,1H3,(H2,15,18,19)/t11-/m1/s1. The molecular weight excluding hydrogens is 386 g/mol. The summed E-state index contributed by atoms with van der Waals surface area (Å²) in [6, 6.07) is 0.973. The van der Waals surface area contributed by atoms with E-state index in [9.17, 15) is 16.8 Å². The number of ether oxygens (including phenoxy) is 1. The summed E-state index contributed by atoms with van der Waals surface area (Å²) < 4.78 is 55.4. The first kappa shape index (κ1) is 19.2. The Morgan fingerprint density at radius 3 is 2.76 bits per heavy atom. The third kappa shape index (κ3) is 4.24. The number of nitrogens with two attached hydrogens (primary N) is 1. The molecule has 0 bridgehead atoms. The number of primary sulfonamides is 1. The molecule has 1 aromatic heterocycles. The van der Waals surface area contributed by atoms with E-state index in [0.717, 1.165) is 17.9 Å². The highest BCUT2D eigenvalue weighted by molar-refractivity contribution is 7.92. The van der Waals surface area contributed by atoms with Gasteiger partial charge < -0.3 is 10.1 Å². The molecule has 1 aliphatic heterocycles. The zero-order valence-corrected chi connectivity index (χ0v) is 16.4. The second kappa shape index (κ2) is 7.22. The van der Waals surface area contributed by atoms with Crippen molar-refractivity contribution in [3.05, 3.63) is 10.9 Å². The molecule has 0 radical (unpaired) electrons. The molecule has 3 N–H and O–H groups in total. The molecule has 2 heterocycles. The van der Waals surface area contributed by atoms with Crippen molar-refractivity contribution >= 4 is 31.4 Å². The lowest BCUT2D eigenvalue weighted by Crippen LogP contribution is -2.44. The van der Waals surface area contributed by atoms with Crippen molar-refractivity contribution < 1.29 is 21.6 Å². The average molecular weight is 410 g/mol. The summed E-state index contributed by atoms with van der Waals surface area (Å²) in [6.45, 7) is 1.89. The number of hydrogen-bond donors (Lipinski definition) is 2. The van der Waals surface area contributed by atoms with Gasteiger partial charge in [-0.15, -0.1) is 11.3 Å². The van der Waals surface area contributed by atoms with E-state index >= 15 is 0 Å².